The summed E-state index contributed by atoms with van der Waals surface area (Å²) in [5.41, 5.74) is 6.05. The van der Waals surface area contributed by atoms with E-state index in [9.17, 15) is 19.2 Å². The second-order valence-corrected chi connectivity index (χ2v) is 7.41. The smallest absolute Gasteiger partial charge is 0.321 e. The zero-order chi connectivity index (χ0) is 22.4. The van der Waals surface area contributed by atoms with Crippen LogP contribution in [0.15, 0.2) is 24.3 Å². The maximum absolute atomic E-state index is 13.0. The van der Waals surface area contributed by atoms with Gasteiger partial charge in [-0.1, -0.05) is 6.07 Å². The van der Waals surface area contributed by atoms with Gasteiger partial charge in [0, 0.05) is 31.4 Å². The van der Waals surface area contributed by atoms with Gasteiger partial charge in [0.2, 0.25) is 17.7 Å². The topological polar surface area (TPSA) is 146 Å². The Morgan fingerprint density at radius 1 is 1.29 bits per heavy atom. The monoisotopic (exact) mass is 432 g/mol. The van der Waals surface area contributed by atoms with Gasteiger partial charge in [-0.2, -0.15) is 0 Å². The molecule has 1 aromatic rings. The summed E-state index contributed by atoms with van der Waals surface area (Å²) in [6.07, 6.45) is 1.27. The normalized spacial score (nSPS) is 21.2. The van der Waals surface area contributed by atoms with E-state index in [4.69, 9.17) is 10.5 Å². The third kappa shape index (κ3) is 5.43. The van der Waals surface area contributed by atoms with Gasteiger partial charge < -0.3 is 36.2 Å². The number of methoxy groups -OCH3 is 1. The van der Waals surface area contributed by atoms with Crippen LogP contribution in [0.1, 0.15) is 12.8 Å². The van der Waals surface area contributed by atoms with Crippen molar-refractivity contribution in [2.24, 2.45) is 5.73 Å². The van der Waals surface area contributed by atoms with Crippen LogP contribution in [0.2, 0.25) is 0 Å². The van der Waals surface area contributed by atoms with E-state index in [0.717, 1.165) is 6.42 Å². The van der Waals surface area contributed by atoms with E-state index in [2.05, 4.69) is 16.0 Å². The van der Waals surface area contributed by atoms with Crippen LogP contribution in [-0.2, 0) is 14.4 Å². The molecule has 2 fully saturated rings. The number of carbonyl (C=O) groups is 4. The molecule has 0 bridgehead atoms. The molecule has 2 aliphatic heterocycles. The van der Waals surface area contributed by atoms with Crippen LogP contribution in [0, 0.1) is 0 Å². The van der Waals surface area contributed by atoms with Crippen molar-refractivity contribution < 1.29 is 23.9 Å². The minimum absolute atomic E-state index is 0.0122. The summed E-state index contributed by atoms with van der Waals surface area (Å²) in [7, 11) is 1.53. The first-order chi connectivity index (χ1) is 14.9. The van der Waals surface area contributed by atoms with E-state index < -0.39 is 24.0 Å². The number of nitrogens with zero attached hydrogens (tertiary/aromatic N) is 2. The average Bonchev–Trinajstić information content (AvgIpc) is 2.79. The van der Waals surface area contributed by atoms with Gasteiger partial charge in [0.25, 0.3) is 0 Å². The van der Waals surface area contributed by atoms with Crippen LogP contribution < -0.4 is 26.4 Å². The quantitative estimate of drug-likeness (QED) is 0.474. The zero-order valence-corrected chi connectivity index (χ0v) is 17.4. The van der Waals surface area contributed by atoms with Gasteiger partial charge in [0.1, 0.15) is 17.8 Å². The van der Waals surface area contributed by atoms with Crippen LogP contribution in [0.4, 0.5) is 10.5 Å². The number of hydrogen-bond acceptors (Lipinski definition) is 6. The summed E-state index contributed by atoms with van der Waals surface area (Å²) in [5.74, 6) is -0.525. The lowest BCUT2D eigenvalue weighted by molar-refractivity contribution is -0.143. The summed E-state index contributed by atoms with van der Waals surface area (Å²) in [4.78, 5) is 52.8. The summed E-state index contributed by atoms with van der Waals surface area (Å²) in [5, 5.41) is 8.20. The number of amides is 5. The number of piperazine rings is 1. The molecule has 2 saturated heterocycles. The number of benzene rings is 1. The van der Waals surface area contributed by atoms with E-state index in [1.165, 1.54) is 16.9 Å². The van der Waals surface area contributed by atoms with Gasteiger partial charge >= 0.3 is 6.03 Å². The fraction of sp³-hybridized carbons (Fsp3) is 0.500. The van der Waals surface area contributed by atoms with Crippen molar-refractivity contribution in [2.75, 3.05) is 45.2 Å². The molecule has 3 rings (SSSR count). The van der Waals surface area contributed by atoms with Crippen LogP contribution in [0.25, 0.3) is 0 Å². The van der Waals surface area contributed by atoms with Crippen molar-refractivity contribution in [3.63, 3.8) is 0 Å². The molecule has 0 aromatic heterocycles. The molecule has 5 N–H and O–H groups in total. The molecule has 0 spiro atoms. The highest BCUT2D eigenvalue weighted by molar-refractivity contribution is 5.94. The van der Waals surface area contributed by atoms with Crippen LogP contribution in [-0.4, -0.2) is 85.5 Å². The first kappa shape index (κ1) is 22.3. The number of piperidine rings is 1. The molecular formula is C20H28N6O5. The third-order valence-corrected chi connectivity index (χ3v) is 5.39. The van der Waals surface area contributed by atoms with E-state index in [1.807, 2.05) is 0 Å². The van der Waals surface area contributed by atoms with Crippen molar-refractivity contribution >= 4 is 29.4 Å². The second-order valence-electron chi connectivity index (χ2n) is 7.41. The minimum Gasteiger partial charge on any atom is -0.497 e. The highest BCUT2D eigenvalue weighted by Crippen LogP contribution is 2.18. The Labute approximate surface area is 180 Å². The molecule has 11 nitrogen and oxygen atoms in total. The Kier molecular flexibility index (Phi) is 7.29. The first-order valence-electron chi connectivity index (χ1n) is 10.2. The van der Waals surface area contributed by atoms with E-state index in [-0.39, 0.29) is 38.0 Å². The van der Waals surface area contributed by atoms with E-state index in [0.29, 0.717) is 24.4 Å². The molecule has 0 saturated carbocycles. The van der Waals surface area contributed by atoms with E-state index in [1.54, 1.807) is 24.3 Å². The standard InChI is InChI=1S/C20H28N6O5/c1-31-14-5-2-4-13(10-14)23-20(30)25-8-9-26(17(27)11-21)16(12-25)19(29)24-15-6-3-7-22-18(15)28/h2,4-5,10,15-16H,3,6-9,11-12,21H2,1H3,(H,22,28)(H,23,30)(H,24,29). The van der Waals surface area contributed by atoms with Crippen LogP contribution in [0.5, 0.6) is 5.75 Å². The molecule has 1 aromatic carbocycles. The number of hydrogen-bond donors (Lipinski definition) is 4. The average molecular weight is 432 g/mol. The van der Waals surface area contributed by atoms with Crippen molar-refractivity contribution in [1.29, 1.82) is 0 Å². The van der Waals surface area contributed by atoms with Crippen LogP contribution in [0.3, 0.4) is 0 Å². The highest BCUT2D eigenvalue weighted by Gasteiger charge is 2.38. The molecule has 2 unspecified atom stereocenters. The van der Waals surface area contributed by atoms with Crippen molar-refractivity contribution in [1.82, 2.24) is 20.4 Å². The molecule has 0 aliphatic carbocycles. The van der Waals surface area contributed by atoms with Gasteiger partial charge in [0.15, 0.2) is 0 Å². The summed E-state index contributed by atoms with van der Waals surface area (Å²) in [6.45, 7) is 0.724. The van der Waals surface area contributed by atoms with Crippen molar-refractivity contribution in [3.05, 3.63) is 24.3 Å². The van der Waals surface area contributed by atoms with Gasteiger partial charge in [0.05, 0.1) is 20.2 Å². The molecular weight excluding hydrogens is 404 g/mol. The Morgan fingerprint density at radius 3 is 2.81 bits per heavy atom. The lowest BCUT2D eigenvalue weighted by atomic mass is 10.1. The summed E-state index contributed by atoms with van der Waals surface area (Å²) in [6, 6.07) is 4.92. The zero-order valence-electron chi connectivity index (χ0n) is 17.4. The summed E-state index contributed by atoms with van der Waals surface area (Å²) >= 11 is 0. The molecule has 168 valence electrons. The predicted octanol–water partition coefficient (Wildman–Crippen LogP) is -0.907. The maximum atomic E-state index is 13.0. The van der Waals surface area contributed by atoms with Gasteiger partial charge in [-0.15, -0.1) is 0 Å². The number of urea groups is 1. The first-order valence-corrected chi connectivity index (χ1v) is 10.2. The number of anilines is 1. The predicted molar refractivity (Wildman–Crippen MR) is 112 cm³/mol. The third-order valence-electron chi connectivity index (χ3n) is 5.39. The maximum Gasteiger partial charge on any atom is 0.321 e. The Balaban J connectivity index is 1.70. The van der Waals surface area contributed by atoms with Gasteiger partial charge in [-0.25, -0.2) is 4.79 Å². The molecule has 31 heavy (non-hydrogen) atoms. The fourth-order valence-electron chi connectivity index (χ4n) is 3.69. The Morgan fingerprint density at radius 2 is 2.10 bits per heavy atom. The van der Waals surface area contributed by atoms with Gasteiger partial charge in [-0.05, 0) is 25.0 Å². The largest absolute Gasteiger partial charge is 0.497 e. The minimum atomic E-state index is -0.935. The number of nitrogens with one attached hydrogen (secondary N) is 3. The van der Waals surface area contributed by atoms with E-state index >= 15 is 0 Å². The SMILES string of the molecule is COc1cccc(NC(=O)N2CCN(C(=O)CN)C(C(=O)NC3CCCNC3=O)C2)c1. The second kappa shape index (κ2) is 10.1. The molecule has 2 heterocycles. The molecule has 2 aliphatic rings. The Bertz CT molecular complexity index is 847. The lowest BCUT2D eigenvalue weighted by Gasteiger charge is -2.40. The fourth-order valence-corrected chi connectivity index (χ4v) is 3.69. The van der Waals surface area contributed by atoms with Crippen molar-refractivity contribution in [2.45, 2.75) is 24.9 Å². The highest BCUT2D eigenvalue weighted by atomic mass is 16.5. The number of carbonyl (C=O) groups excluding carboxylic acids is 4. The Hall–Kier alpha value is -3.34. The summed E-state index contributed by atoms with van der Waals surface area (Å²) < 4.78 is 5.16. The van der Waals surface area contributed by atoms with Crippen LogP contribution >= 0.6 is 0 Å². The van der Waals surface area contributed by atoms with Crippen molar-refractivity contribution in [3.8, 4) is 5.75 Å². The van der Waals surface area contributed by atoms with Gasteiger partial charge in [-0.3, -0.25) is 14.4 Å². The molecule has 2 atom stereocenters. The number of nitrogens with two attached hydrogens (primary N) is 1. The molecule has 0 radical (unpaired) electrons. The number of rotatable bonds is 5. The molecule has 11 heteroatoms. The molecule has 5 amide bonds. The number of ether oxygens (including phenoxy) is 1. The lowest BCUT2D eigenvalue weighted by Crippen LogP contribution is -2.64.